The summed E-state index contributed by atoms with van der Waals surface area (Å²) in [6.07, 6.45) is 6.48. The maximum Gasteiger partial charge on any atom is 0.227 e. The summed E-state index contributed by atoms with van der Waals surface area (Å²) < 4.78 is 12.2. The Morgan fingerprint density at radius 2 is 1.90 bits per heavy atom. The van der Waals surface area contributed by atoms with Gasteiger partial charge in [-0.3, -0.25) is 9.69 Å². The largest absolute Gasteiger partial charge is 0.347 e. The molecule has 1 spiro atoms. The van der Waals surface area contributed by atoms with Crippen molar-refractivity contribution in [2.45, 2.75) is 62.8 Å². The second-order valence-corrected chi connectivity index (χ2v) is 9.33. The Labute approximate surface area is 183 Å². The lowest BCUT2D eigenvalue weighted by molar-refractivity contribution is -0.174. The number of carbonyl (C=O) groups is 1. The highest BCUT2D eigenvalue weighted by molar-refractivity contribution is 6.42. The van der Waals surface area contributed by atoms with Gasteiger partial charge >= 0.3 is 0 Å². The van der Waals surface area contributed by atoms with Crippen LogP contribution in [0.4, 0.5) is 0 Å². The summed E-state index contributed by atoms with van der Waals surface area (Å²) in [6.45, 7) is 3.52. The zero-order valence-electron chi connectivity index (χ0n) is 17.0. The molecule has 7 heteroatoms. The monoisotopic (exact) mass is 440 g/mol. The minimum absolute atomic E-state index is 0.113. The molecule has 1 aliphatic carbocycles. The molecule has 2 heterocycles. The summed E-state index contributed by atoms with van der Waals surface area (Å²) in [4.78, 5) is 17.7. The van der Waals surface area contributed by atoms with Crippen molar-refractivity contribution in [3.63, 3.8) is 0 Å². The van der Waals surface area contributed by atoms with E-state index in [4.69, 9.17) is 32.7 Å². The van der Waals surface area contributed by atoms with Gasteiger partial charge in [-0.15, -0.1) is 0 Å². The molecule has 1 aromatic carbocycles. The molecule has 1 saturated carbocycles. The molecular formula is C22H30Cl2N2O3. The summed E-state index contributed by atoms with van der Waals surface area (Å²) in [5.41, 5.74) is 0.890. The number of nitrogens with zero attached hydrogens (tertiary/aromatic N) is 2. The van der Waals surface area contributed by atoms with Crippen molar-refractivity contribution in [2.75, 3.05) is 33.4 Å². The van der Waals surface area contributed by atoms with E-state index in [0.717, 1.165) is 44.3 Å². The van der Waals surface area contributed by atoms with Gasteiger partial charge in [-0.05, 0) is 56.5 Å². The smallest absolute Gasteiger partial charge is 0.227 e. The first-order chi connectivity index (χ1) is 14.0. The van der Waals surface area contributed by atoms with E-state index >= 15 is 0 Å². The third-order valence-corrected chi connectivity index (χ3v) is 7.41. The fourth-order valence-corrected chi connectivity index (χ4v) is 5.44. The molecular weight excluding hydrogens is 411 g/mol. The summed E-state index contributed by atoms with van der Waals surface area (Å²) in [5, 5.41) is 0.998. The van der Waals surface area contributed by atoms with E-state index in [1.165, 1.54) is 12.8 Å². The fourth-order valence-electron chi connectivity index (χ4n) is 5.12. The quantitative estimate of drug-likeness (QED) is 0.704. The Bertz CT molecular complexity index is 733. The van der Waals surface area contributed by atoms with Crippen molar-refractivity contribution in [1.82, 2.24) is 9.80 Å². The van der Waals surface area contributed by atoms with E-state index in [2.05, 4.69) is 4.90 Å². The van der Waals surface area contributed by atoms with E-state index < -0.39 is 5.79 Å². The van der Waals surface area contributed by atoms with Crippen LogP contribution in [-0.4, -0.2) is 66.9 Å². The van der Waals surface area contributed by atoms with Crippen LogP contribution in [0.2, 0.25) is 10.0 Å². The van der Waals surface area contributed by atoms with E-state index in [1.54, 1.807) is 12.1 Å². The van der Waals surface area contributed by atoms with Crippen molar-refractivity contribution in [3.05, 3.63) is 33.8 Å². The minimum atomic E-state index is -0.463. The van der Waals surface area contributed by atoms with E-state index in [1.807, 2.05) is 18.0 Å². The highest BCUT2D eigenvalue weighted by atomic mass is 35.5. The van der Waals surface area contributed by atoms with E-state index in [-0.39, 0.29) is 18.0 Å². The third kappa shape index (κ3) is 4.75. The average molecular weight is 441 g/mol. The molecule has 4 rings (SSSR count). The van der Waals surface area contributed by atoms with Gasteiger partial charge in [0.1, 0.15) is 0 Å². The predicted molar refractivity (Wildman–Crippen MR) is 114 cm³/mol. The molecule has 2 saturated heterocycles. The molecule has 1 amide bonds. The number of rotatable bonds is 4. The van der Waals surface area contributed by atoms with Crippen molar-refractivity contribution in [1.29, 1.82) is 0 Å². The lowest BCUT2D eigenvalue weighted by atomic mass is 9.97. The molecule has 2 aliphatic heterocycles. The topological polar surface area (TPSA) is 42.0 Å². The number of amides is 1. The zero-order chi connectivity index (χ0) is 20.4. The van der Waals surface area contributed by atoms with Gasteiger partial charge in [-0.25, -0.2) is 0 Å². The molecule has 160 valence electrons. The van der Waals surface area contributed by atoms with Gasteiger partial charge in [0.15, 0.2) is 5.79 Å². The number of halogens is 2. The van der Waals surface area contributed by atoms with Crippen LogP contribution in [0.3, 0.4) is 0 Å². The van der Waals surface area contributed by atoms with Crippen molar-refractivity contribution in [3.8, 4) is 0 Å². The normalized spacial score (nSPS) is 27.3. The number of hydrogen-bond acceptors (Lipinski definition) is 4. The fraction of sp³-hybridized carbons (Fsp3) is 0.682. The van der Waals surface area contributed by atoms with Crippen LogP contribution in [0.1, 0.15) is 44.1 Å². The van der Waals surface area contributed by atoms with Crippen molar-refractivity contribution < 1.29 is 14.3 Å². The summed E-state index contributed by atoms with van der Waals surface area (Å²) in [6, 6.07) is 5.84. The number of hydrogen-bond donors (Lipinski definition) is 0. The van der Waals surface area contributed by atoms with Gasteiger partial charge in [0.05, 0.1) is 29.7 Å². The Morgan fingerprint density at radius 1 is 1.17 bits per heavy atom. The molecule has 0 radical (unpaired) electrons. The lowest BCUT2D eigenvalue weighted by Crippen LogP contribution is -2.53. The molecule has 3 aliphatic rings. The maximum atomic E-state index is 13.2. The summed E-state index contributed by atoms with van der Waals surface area (Å²) in [5.74, 6) is -0.350. The molecule has 2 unspecified atom stereocenters. The lowest BCUT2D eigenvalue weighted by Gasteiger charge is -2.40. The van der Waals surface area contributed by atoms with E-state index in [9.17, 15) is 4.79 Å². The first kappa shape index (κ1) is 21.4. The minimum Gasteiger partial charge on any atom is -0.347 e. The standard InChI is InChI=1S/C22H30Cl2N2O3/c1-25(21(27)14-16-6-7-17(23)18(24)13-16)19-5-4-8-22(28-11-12-29-22)15-20(19)26-9-2-3-10-26/h6-7,13,19-20H,2-5,8-12,14-15H2,1H3. The SMILES string of the molecule is CN(C(=O)Cc1ccc(Cl)c(Cl)c1)C1CCCC2(CC1N1CCCC1)OCCO2. The highest BCUT2D eigenvalue weighted by Crippen LogP contribution is 2.39. The van der Waals surface area contributed by atoms with Crippen LogP contribution in [0.5, 0.6) is 0 Å². The first-order valence-electron chi connectivity index (χ1n) is 10.7. The van der Waals surface area contributed by atoms with Gasteiger partial charge in [0, 0.05) is 32.0 Å². The predicted octanol–water partition coefficient (Wildman–Crippen LogP) is 4.14. The molecule has 0 bridgehead atoms. The molecule has 29 heavy (non-hydrogen) atoms. The van der Waals surface area contributed by atoms with Crippen molar-refractivity contribution >= 4 is 29.1 Å². The van der Waals surface area contributed by atoms with Gasteiger partial charge in [-0.2, -0.15) is 0 Å². The molecule has 5 nitrogen and oxygen atoms in total. The Hall–Kier alpha value is -0.850. The Kier molecular flexibility index (Phi) is 6.72. The van der Waals surface area contributed by atoms with Crippen LogP contribution in [0.15, 0.2) is 18.2 Å². The zero-order valence-corrected chi connectivity index (χ0v) is 18.6. The van der Waals surface area contributed by atoms with Crippen molar-refractivity contribution in [2.24, 2.45) is 0 Å². The number of carbonyl (C=O) groups excluding carboxylic acids is 1. The van der Waals surface area contributed by atoms with Gasteiger partial charge in [0.25, 0.3) is 0 Å². The average Bonchev–Trinajstić information content (AvgIpc) is 3.35. The number of ether oxygens (including phenoxy) is 2. The highest BCUT2D eigenvalue weighted by Gasteiger charge is 2.46. The van der Waals surface area contributed by atoms with Crippen LogP contribution >= 0.6 is 23.2 Å². The summed E-state index contributed by atoms with van der Waals surface area (Å²) in [7, 11) is 1.95. The van der Waals surface area contributed by atoms with Gasteiger partial charge < -0.3 is 14.4 Å². The number of benzene rings is 1. The Morgan fingerprint density at radius 3 is 2.59 bits per heavy atom. The second-order valence-electron chi connectivity index (χ2n) is 8.51. The van der Waals surface area contributed by atoms with E-state index in [0.29, 0.717) is 29.7 Å². The van der Waals surface area contributed by atoms with Crippen LogP contribution < -0.4 is 0 Å². The van der Waals surface area contributed by atoms with Gasteiger partial charge in [-0.1, -0.05) is 29.3 Å². The molecule has 0 N–H and O–H groups in total. The summed E-state index contributed by atoms with van der Waals surface area (Å²) >= 11 is 12.1. The number of likely N-dealkylation sites (tertiary alicyclic amines) is 1. The maximum absolute atomic E-state index is 13.2. The second kappa shape index (κ2) is 9.11. The van der Waals surface area contributed by atoms with Crippen LogP contribution in [0.25, 0.3) is 0 Å². The molecule has 1 aromatic rings. The van der Waals surface area contributed by atoms with Gasteiger partial charge in [0.2, 0.25) is 5.91 Å². The van der Waals surface area contributed by atoms with Crippen LogP contribution in [-0.2, 0) is 20.7 Å². The Balaban J connectivity index is 1.51. The molecule has 2 atom stereocenters. The number of likely N-dealkylation sites (N-methyl/N-ethyl adjacent to an activating group) is 1. The molecule has 0 aromatic heterocycles. The molecule has 3 fully saturated rings. The van der Waals surface area contributed by atoms with Crippen LogP contribution in [0, 0.1) is 0 Å². The first-order valence-corrected chi connectivity index (χ1v) is 11.4. The third-order valence-electron chi connectivity index (χ3n) is 6.68.